The molecule has 0 saturated carbocycles. The lowest BCUT2D eigenvalue weighted by molar-refractivity contribution is -0.120. The van der Waals surface area contributed by atoms with E-state index in [2.05, 4.69) is 36.5 Å². The highest BCUT2D eigenvalue weighted by atomic mass is 16.5. The number of carbonyl (C=O) groups excluding carboxylic acids is 1. The third kappa shape index (κ3) is 6.71. The molecule has 0 spiro atoms. The van der Waals surface area contributed by atoms with Crippen LogP contribution >= 0.6 is 0 Å². The minimum atomic E-state index is 0.0486. The number of carbonyl (C=O) groups is 1. The van der Waals surface area contributed by atoms with Crippen molar-refractivity contribution in [2.75, 3.05) is 6.61 Å². The standard InChI is InChI=1S/C22H29NO2/c1-3-5-8-18-11-13-19(14-12-18)15-22(24)23-16-20-9-6-7-10-21(20)17-25-4-2/h6-7,9-14H,3-5,8,15-17H2,1-2H3,(H,23,24). The largest absolute Gasteiger partial charge is 0.377 e. The van der Waals surface area contributed by atoms with Gasteiger partial charge in [0.1, 0.15) is 0 Å². The minimum absolute atomic E-state index is 0.0486. The predicted octanol–water partition coefficient (Wildman–Crippen LogP) is 4.42. The molecule has 2 aromatic carbocycles. The molecule has 0 aliphatic heterocycles. The monoisotopic (exact) mass is 339 g/mol. The van der Waals surface area contributed by atoms with E-state index in [1.165, 1.54) is 18.4 Å². The second kappa shape index (κ2) is 10.7. The minimum Gasteiger partial charge on any atom is -0.377 e. The van der Waals surface area contributed by atoms with Gasteiger partial charge in [-0.05, 0) is 42.0 Å². The van der Waals surface area contributed by atoms with Gasteiger partial charge in [0, 0.05) is 13.2 Å². The van der Waals surface area contributed by atoms with E-state index in [0.717, 1.165) is 23.1 Å². The Hall–Kier alpha value is -2.13. The van der Waals surface area contributed by atoms with Crippen LogP contribution in [0.25, 0.3) is 0 Å². The van der Waals surface area contributed by atoms with Crippen molar-refractivity contribution in [1.82, 2.24) is 5.32 Å². The predicted molar refractivity (Wildman–Crippen MR) is 102 cm³/mol. The Kier molecular flexibility index (Phi) is 8.20. The molecule has 2 rings (SSSR count). The number of hydrogen-bond acceptors (Lipinski definition) is 2. The zero-order valence-electron chi connectivity index (χ0n) is 15.4. The average molecular weight is 339 g/mol. The summed E-state index contributed by atoms with van der Waals surface area (Å²) in [4.78, 5) is 12.2. The van der Waals surface area contributed by atoms with E-state index in [4.69, 9.17) is 4.74 Å². The number of ether oxygens (including phenoxy) is 1. The third-order valence-electron chi connectivity index (χ3n) is 4.26. The number of aryl methyl sites for hydroxylation is 1. The maximum atomic E-state index is 12.2. The van der Waals surface area contributed by atoms with E-state index < -0.39 is 0 Å². The highest BCUT2D eigenvalue weighted by Gasteiger charge is 2.06. The third-order valence-corrected chi connectivity index (χ3v) is 4.26. The molecular formula is C22H29NO2. The van der Waals surface area contributed by atoms with E-state index in [9.17, 15) is 4.79 Å². The van der Waals surface area contributed by atoms with E-state index in [0.29, 0.717) is 26.2 Å². The summed E-state index contributed by atoms with van der Waals surface area (Å²) in [6, 6.07) is 16.5. The summed E-state index contributed by atoms with van der Waals surface area (Å²) in [7, 11) is 0. The Balaban J connectivity index is 1.84. The van der Waals surface area contributed by atoms with Gasteiger partial charge in [-0.25, -0.2) is 0 Å². The molecule has 0 aromatic heterocycles. The summed E-state index contributed by atoms with van der Waals surface area (Å²) in [5.41, 5.74) is 4.64. The molecule has 0 bridgehead atoms. The number of hydrogen-bond donors (Lipinski definition) is 1. The van der Waals surface area contributed by atoms with Crippen molar-refractivity contribution >= 4 is 5.91 Å². The molecule has 134 valence electrons. The Bertz CT molecular complexity index is 649. The number of rotatable bonds is 10. The lowest BCUT2D eigenvalue weighted by Crippen LogP contribution is -2.25. The van der Waals surface area contributed by atoms with Crippen LogP contribution in [0.5, 0.6) is 0 Å². The quantitative estimate of drug-likeness (QED) is 0.695. The van der Waals surface area contributed by atoms with Gasteiger partial charge in [-0.15, -0.1) is 0 Å². The normalized spacial score (nSPS) is 10.6. The van der Waals surface area contributed by atoms with Crippen LogP contribution in [-0.2, 0) is 35.5 Å². The van der Waals surface area contributed by atoms with Crippen molar-refractivity contribution in [2.45, 2.75) is 52.7 Å². The van der Waals surface area contributed by atoms with Crippen molar-refractivity contribution in [3.05, 3.63) is 70.8 Å². The average Bonchev–Trinajstić information content (AvgIpc) is 2.65. The first-order chi connectivity index (χ1) is 12.2. The molecular weight excluding hydrogens is 310 g/mol. The SMILES string of the molecule is CCCCc1ccc(CC(=O)NCc2ccccc2COCC)cc1. The van der Waals surface area contributed by atoms with Gasteiger partial charge in [0.05, 0.1) is 13.0 Å². The summed E-state index contributed by atoms with van der Waals surface area (Å²) < 4.78 is 5.49. The fourth-order valence-electron chi connectivity index (χ4n) is 2.73. The zero-order chi connectivity index (χ0) is 17.9. The van der Waals surface area contributed by atoms with Crippen LogP contribution in [0.1, 0.15) is 48.9 Å². The molecule has 3 heteroatoms. The molecule has 0 saturated heterocycles. The lowest BCUT2D eigenvalue weighted by atomic mass is 10.0. The Morgan fingerprint density at radius 3 is 2.32 bits per heavy atom. The van der Waals surface area contributed by atoms with Crippen LogP contribution in [-0.4, -0.2) is 12.5 Å². The van der Waals surface area contributed by atoms with Crippen LogP contribution in [0, 0.1) is 0 Å². The summed E-state index contributed by atoms with van der Waals surface area (Å²) in [5, 5.41) is 3.02. The molecule has 0 heterocycles. The molecule has 25 heavy (non-hydrogen) atoms. The van der Waals surface area contributed by atoms with Crippen LogP contribution < -0.4 is 5.32 Å². The highest BCUT2D eigenvalue weighted by Crippen LogP contribution is 2.11. The van der Waals surface area contributed by atoms with Gasteiger partial charge in [0.2, 0.25) is 5.91 Å². The van der Waals surface area contributed by atoms with Crippen molar-refractivity contribution in [1.29, 1.82) is 0 Å². The highest BCUT2D eigenvalue weighted by molar-refractivity contribution is 5.78. The number of benzene rings is 2. The first kappa shape index (κ1) is 19.2. The smallest absolute Gasteiger partial charge is 0.224 e. The maximum absolute atomic E-state index is 12.2. The van der Waals surface area contributed by atoms with Crippen LogP contribution in [0.15, 0.2) is 48.5 Å². The molecule has 3 nitrogen and oxygen atoms in total. The molecule has 0 atom stereocenters. The van der Waals surface area contributed by atoms with E-state index in [1.54, 1.807) is 0 Å². The topological polar surface area (TPSA) is 38.3 Å². The Morgan fingerprint density at radius 2 is 1.64 bits per heavy atom. The molecule has 1 amide bonds. The second-order valence-electron chi connectivity index (χ2n) is 6.28. The molecule has 0 aliphatic rings. The van der Waals surface area contributed by atoms with E-state index >= 15 is 0 Å². The van der Waals surface area contributed by atoms with Crippen molar-refractivity contribution in [3.8, 4) is 0 Å². The first-order valence-corrected chi connectivity index (χ1v) is 9.22. The van der Waals surface area contributed by atoms with E-state index in [1.807, 2.05) is 31.2 Å². The van der Waals surface area contributed by atoms with E-state index in [-0.39, 0.29) is 5.91 Å². The zero-order valence-corrected chi connectivity index (χ0v) is 15.4. The van der Waals surface area contributed by atoms with Gasteiger partial charge in [-0.3, -0.25) is 4.79 Å². The fraction of sp³-hybridized carbons (Fsp3) is 0.409. The van der Waals surface area contributed by atoms with Gasteiger partial charge in [-0.2, -0.15) is 0 Å². The van der Waals surface area contributed by atoms with Crippen molar-refractivity contribution in [3.63, 3.8) is 0 Å². The van der Waals surface area contributed by atoms with Gasteiger partial charge in [0.15, 0.2) is 0 Å². The second-order valence-corrected chi connectivity index (χ2v) is 6.28. The van der Waals surface area contributed by atoms with Crippen molar-refractivity contribution < 1.29 is 9.53 Å². The number of nitrogens with one attached hydrogen (secondary N) is 1. The summed E-state index contributed by atoms with van der Waals surface area (Å²) in [6.07, 6.45) is 3.94. The van der Waals surface area contributed by atoms with Crippen LogP contribution in [0.3, 0.4) is 0 Å². The number of unbranched alkanes of at least 4 members (excludes halogenated alkanes) is 1. The van der Waals surface area contributed by atoms with Crippen molar-refractivity contribution in [2.24, 2.45) is 0 Å². The molecule has 2 aromatic rings. The molecule has 1 N–H and O–H groups in total. The fourth-order valence-corrected chi connectivity index (χ4v) is 2.73. The first-order valence-electron chi connectivity index (χ1n) is 9.22. The Labute approximate surface area is 151 Å². The van der Waals surface area contributed by atoms with Gasteiger partial charge < -0.3 is 10.1 Å². The van der Waals surface area contributed by atoms with Gasteiger partial charge in [0.25, 0.3) is 0 Å². The maximum Gasteiger partial charge on any atom is 0.224 e. The number of amides is 1. The van der Waals surface area contributed by atoms with Gasteiger partial charge in [-0.1, -0.05) is 61.9 Å². The molecule has 0 unspecified atom stereocenters. The van der Waals surface area contributed by atoms with Crippen LogP contribution in [0.2, 0.25) is 0 Å². The Morgan fingerprint density at radius 1 is 0.960 bits per heavy atom. The molecule has 0 radical (unpaired) electrons. The molecule has 0 aliphatic carbocycles. The summed E-state index contributed by atoms with van der Waals surface area (Å²) in [6.45, 7) is 6.00. The van der Waals surface area contributed by atoms with Gasteiger partial charge >= 0.3 is 0 Å². The molecule has 0 fully saturated rings. The summed E-state index contributed by atoms with van der Waals surface area (Å²) in [5.74, 6) is 0.0486. The lowest BCUT2D eigenvalue weighted by Gasteiger charge is -2.11. The van der Waals surface area contributed by atoms with Crippen LogP contribution in [0.4, 0.5) is 0 Å². The summed E-state index contributed by atoms with van der Waals surface area (Å²) >= 11 is 0.